The zero-order valence-corrected chi connectivity index (χ0v) is 27.9. The number of rotatable bonds is 7. The highest BCUT2D eigenvalue weighted by atomic mass is 16.5. The zero-order chi connectivity index (χ0) is 33.2. The Morgan fingerprint density at radius 2 is 0.956 bits per heavy atom. The van der Waals surface area contributed by atoms with Crippen LogP contribution in [0, 0.1) is 34.6 Å². The van der Waals surface area contributed by atoms with Crippen molar-refractivity contribution in [3.8, 4) is 29.5 Å². The van der Waals surface area contributed by atoms with Crippen molar-refractivity contribution in [1.82, 2.24) is 39.9 Å². The largest absolute Gasteiger partial charge is 0.481 e. The predicted molar refractivity (Wildman–Crippen MR) is 175 cm³/mol. The molecule has 0 aliphatic carbocycles. The molecule has 0 aliphatic rings. The van der Waals surface area contributed by atoms with Gasteiger partial charge < -0.3 is 33.9 Å². The van der Waals surface area contributed by atoms with E-state index in [1.54, 1.807) is 60.3 Å². The van der Waals surface area contributed by atoms with E-state index in [1.807, 2.05) is 53.6 Å². The summed E-state index contributed by atoms with van der Waals surface area (Å²) in [5.74, 6) is 4.44. The first kappa shape index (κ1) is 39.9. The van der Waals surface area contributed by atoms with Crippen LogP contribution >= 0.6 is 0 Å². The van der Waals surface area contributed by atoms with Crippen LogP contribution in [0.15, 0.2) is 24.8 Å². The molecule has 1 N–H and O–H groups in total. The smallest absolute Gasteiger partial charge is 0.319 e. The van der Waals surface area contributed by atoms with E-state index in [-0.39, 0.29) is 7.43 Å². The number of nitrogens with zero attached hydrogens (tertiary/aromatic N) is 9. The van der Waals surface area contributed by atoms with Gasteiger partial charge in [0, 0.05) is 68.2 Å². The highest BCUT2D eigenvalue weighted by molar-refractivity contribution is 5.34. The highest BCUT2D eigenvalue weighted by Crippen LogP contribution is 2.16. The molecule has 0 saturated carbocycles. The second kappa shape index (κ2) is 20.8. The van der Waals surface area contributed by atoms with Crippen LogP contribution in [-0.4, -0.2) is 96.6 Å². The molecule has 0 spiro atoms. The molecule has 248 valence electrons. The fourth-order valence-corrected chi connectivity index (χ4v) is 3.03. The van der Waals surface area contributed by atoms with E-state index >= 15 is 0 Å². The van der Waals surface area contributed by atoms with Crippen molar-refractivity contribution < 1.29 is 23.7 Å². The third kappa shape index (κ3) is 13.4. The van der Waals surface area contributed by atoms with Gasteiger partial charge >= 0.3 is 6.01 Å². The third-order valence-corrected chi connectivity index (χ3v) is 5.37. The molecule has 0 amide bonds. The summed E-state index contributed by atoms with van der Waals surface area (Å²) in [6.45, 7) is 9.44. The van der Waals surface area contributed by atoms with Crippen molar-refractivity contribution in [3.05, 3.63) is 52.9 Å². The Hall–Kier alpha value is -5.08. The molecular formula is C30H48N10O5. The van der Waals surface area contributed by atoms with Gasteiger partial charge in [0.1, 0.15) is 5.82 Å². The summed E-state index contributed by atoms with van der Waals surface area (Å²) in [7, 11) is 13.4. The second-order valence-corrected chi connectivity index (χ2v) is 9.05. The normalized spacial score (nSPS) is 9.27. The van der Waals surface area contributed by atoms with Crippen LogP contribution in [0.25, 0.3) is 0 Å². The van der Waals surface area contributed by atoms with Gasteiger partial charge in [0.2, 0.25) is 35.4 Å². The summed E-state index contributed by atoms with van der Waals surface area (Å²) in [6, 6.07) is 0.326. The molecule has 4 rings (SSSR count). The predicted octanol–water partition coefficient (Wildman–Crippen LogP) is 4.24. The summed E-state index contributed by atoms with van der Waals surface area (Å²) in [6.07, 6.45) is 6.88. The molecule has 15 nitrogen and oxygen atoms in total. The minimum atomic E-state index is 0. The maximum atomic E-state index is 5.06. The number of aromatic nitrogens is 8. The minimum Gasteiger partial charge on any atom is -0.481 e. The lowest BCUT2D eigenvalue weighted by molar-refractivity contribution is 0.350. The van der Waals surface area contributed by atoms with Crippen LogP contribution in [-0.2, 0) is 0 Å². The minimum absolute atomic E-state index is 0. The van der Waals surface area contributed by atoms with Crippen molar-refractivity contribution in [2.24, 2.45) is 0 Å². The molecule has 0 radical (unpaired) electrons. The number of anilines is 2. The summed E-state index contributed by atoms with van der Waals surface area (Å²) in [4.78, 5) is 34.1. The highest BCUT2D eigenvalue weighted by Gasteiger charge is 2.05. The number of hydrogen-bond donors (Lipinski definition) is 1. The first-order valence-electron chi connectivity index (χ1n) is 13.3. The van der Waals surface area contributed by atoms with E-state index in [9.17, 15) is 0 Å². The molecule has 4 aromatic heterocycles. The van der Waals surface area contributed by atoms with Gasteiger partial charge in [0.25, 0.3) is 0 Å². The van der Waals surface area contributed by atoms with Crippen molar-refractivity contribution in [2.45, 2.75) is 42.0 Å². The van der Waals surface area contributed by atoms with Crippen molar-refractivity contribution >= 4 is 11.9 Å². The Balaban J connectivity index is 0.000000570. The fraction of sp³-hybridized carbons (Fsp3) is 0.467. The Morgan fingerprint density at radius 1 is 0.533 bits per heavy atom. The number of methoxy groups -OCH3 is 5. The van der Waals surface area contributed by atoms with Crippen LogP contribution in [0.2, 0.25) is 0 Å². The van der Waals surface area contributed by atoms with Crippen molar-refractivity contribution in [1.29, 1.82) is 0 Å². The van der Waals surface area contributed by atoms with E-state index in [2.05, 4.69) is 45.2 Å². The summed E-state index contributed by atoms with van der Waals surface area (Å²) in [5.41, 5.74) is 3.75. The Morgan fingerprint density at radius 3 is 1.40 bits per heavy atom. The van der Waals surface area contributed by atoms with E-state index in [0.717, 1.165) is 28.1 Å². The maximum absolute atomic E-state index is 5.06. The van der Waals surface area contributed by atoms with Crippen molar-refractivity contribution in [3.63, 3.8) is 0 Å². The first-order valence-corrected chi connectivity index (χ1v) is 13.3. The monoisotopic (exact) mass is 628 g/mol. The number of ether oxygens (including phenoxy) is 5. The second-order valence-electron chi connectivity index (χ2n) is 9.05. The van der Waals surface area contributed by atoms with Gasteiger partial charge in [-0.1, -0.05) is 7.43 Å². The average Bonchev–Trinajstić information content (AvgIpc) is 3.03. The molecule has 4 heterocycles. The lowest BCUT2D eigenvalue weighted by Gasteiger charge is -2.11. The van der Waals surface area contributed by atoms with E-state index in [4.69, 9.17) is 23.7 Å². The zero-order valence-electron chi connectivity index (χ0n) is 27.9. The van der Waals surface area contributed by atoms with Crippen LogP contribution in [0.4, 0.5) is 11.9 Å². The quantitative estimate of drug-likeness (QED) is 0.309. The standard InChI is InChI=1S/C8H13N3O.C7H11N3O.C7H10N2O2.C7H10N2O.CH4/c1-6-5-9-8(11(2)3)10-7(6)12-4;1-5-4-9-7(8-2)10-6(5)11-3;1-5-4-8-7(11-3)9-6(5)10-2;1-5-4-8-6(2)9-7(5)10-3;/h5H,1-4H3;4H,1-3H3,(H,8,9,10);4H,1-3H3;4H,1-3H3;1H4. The summed E-state index contributed by atoms with van der Waals surface area (Å²) in [5, 5.41) is 2.83. The molecule has 0 unspecified atom stereocenters. The van der Waals surface area contributed by atoms with Gasteiger partial charge in [-0.15, -0.1) is 0 Å². The molecule has 0 bridgehead atoms. The molecule has 15 heteroatoms. The van der Waals surface area contributed by atoms with Crippen LogP contribution < -0.4 is 33.9 Å². The molecule has 0 saturated heterocycles. The molecular weight excluding hydrogens is 580 g/mol. The van der Waals surface area contributed by atoms with Gasteiger partial charge in [0.05, 0.1) is 35.5 Å². The van der Waals surface area contributed by atoms with Gasteiger partial charge in [-0.25, -0.2) is 19.9 Å². The SMILES string of the molecule is C.CNc1ncc(C)c(OC)n1.COc1nc(C)ncc1C.COc1nc(N(C)C)ncc1C.COc1ncc(C)c(OC)n1. The Bertz CT molecular complexity index is 1390. The number of nitrogens with one attached hydrogen (secondary N) is 1. The lowest BCUT2D eigenvalue weighted by Crippen LogP contribution is -2.13. The molecule has 45 heavy (non-hydrogen) atoms. The van der Waals surface area contributed by atoms with E-state index in [0.29, 0.717) is 41.4 Å². The Labute approximate surface area is 266 Å². The third-order valence-electron chi connectivity index (χ3n) is 5.37. The molecule has 0 fully saturated rings. The van der Waals surface area contributed by atoms with Gasteiger partial charge in [-0.05, 0) is 34.6 Å². The topological polar surface area (TPSA) is 165 Å². The van der Waals surface area contributed by atoms with Crippen LogP contribution in [0.1, 0.15) is 35.5 Å². The molecule has 0 atom stereocenters. The van der Waals surface area contributed by atoms with Crippen LogP contribution in [0.3, 0.4) is 0 Å². The molecule has 0 aromatic carbocycles. The first-order chi connectivity index (χ1) is 20.9. The fourth-order valence-electron chi connectivity index (χ4n) is 3.03. The van der Waals surface area contributed by atoms with E-state index in [1.165, 1.54) is 7.11 Å². The van der Waals surface area contributed by atoms with E-state index < -0.39 is 0 Å². The molecule has 0 aliphatic heterocycles. The van der Waals surface area contributed by atoms with Crippen LogP contribution in [0.5, 0.6) is 29.5 Å². The molecule has 4 aromatic rings. The maximum Gasteiger partial charge on any atom is 0.319 e. The van der Waals surface area contributed by atoms with Gasteiger partial charge in [-0.2, -0.15) is 19.9 Å². The number of aryl methyl sites for hydroxylation is 5. The summed E-state index contributed by atoms with van der Waals surface area (Å²) >= 11 is 0. The Kier molecular flexibility index (Phi) is 18.4. The van der Waals surface area contributed by atoms with Crippen molar-refractivity contribution in [2.75, 3.05) is 66.9 Å². The summed E-state index contributed by atoms with van der Waals surface area (Å²) < 4.78 is 24.8. The number of hydrogen-bond acceptors (Lipinski definition) is 15. The van der Waals surface area contributed by atoms with Gasteiger partial charge in [-0.3, -0.25) is 0 Å². The van der Waals surface area contributed by atoms with Gasteiger partial charge in [0.15, 0.2) is 0 Å². The lowest BCUT2D eigenvalue weighted by atomic mass is 10.4. The average molecular weight is 629 g/mol.